The van der Waals surface area contributed by atoms with Crippen LogP contribution >= 0.6 is 0 Å². The molecule has 0 heterocycles. The Morgan fingerprint density at radius 1 is 1.44 bits per heavy atom. The molecule has 1 fully saturated rings. The Morgan fingerprint density at radius 2 is 2.00 bits per heavy atom. The molecule has 94 valence electrons. The molecule has 0 aliphatic heterocycles. The fourth-order valence-electron chi connectivity index (χ4n) is 2.25. The number of carbonyl (C=O) groups excluding carboxylic acids is 1. The van der Waals surface area contributed by atoms with Gasteiger partial charge in [-0.3, -0.25) is 4.79 Å². The predicted molar refractivity (Wildman–Crippen MR) is 67.0 cm³/mol. The molecule has 0 radical (unpaired) electrons. The standard InChI is InChI=1S/C13H26N2O/c1-4-13(2,3)12(16)15-11(9-14)10-7-5-6-8-10/h10-11H,4-9,14H2,1-3H3,(H,15,16). The maximum atomic E-state index is 12.1. The number of rotatable bonds is 5. The Balaban J connectivity index is 2.52. The summed E-state index contributed by atoms with van der Waals surface area (Å²) in [6.45, 7) is 6.60. The van der Waals surface area contributed by atoms with Crippen LogP contribution in [-0.2, 0) is 4.79 Å². The van der Waals surface area contributed by atoms with Crippen molar-refractivity contribution in [1.29, 1.82) is 0 Å². The van der Waals surface area contributed by atoms with Gasteiger partial charge in [0.05, 0.1) is 0 Å². The number of amides is 1. The van der Waals surface area contributed by atoms with E-state index in [2.05, 4.69) is 5.32 Å². The zero-order chi connectivity index (χ0) is 12.2. The second-order valence-electron chi connectivity index (χ2n) is 5.60. The van der Waals surface area contributed by atoms with Gasteiger partial charge in [0.1, 0.15) is 0 Å². The number of hydrogen-bond acceptors (Lipinski definition) is 2. The van der Waals surface area contributed by atoms with Crippen molar-refractivity contribution in [2.24, 2.45) is 17.1 Å². The molecular weight excluding hydrogens is 200 g/mol. The minimum absolute atomic E-state index is 0.150. The van der Waals surface area contributed by atoms with E-state index in [1.807, 2.05) is 20.8 Å². The number of hydrogen-bond donors (Lipinski definition) is 2. The molecule has 0 spiro atoms. The molecule has 3 N–H and O–H groups in total. The summed E-state index contributed by atoms with van der Waals surface area (Å²) in [5.41, 5.74) is 5.50. The molecule has 0 bridgehead atoms. The SMILES string of the molecule is CCC(C)(C)C(=O)NC(CN)C1CCCC1. The zero-order valence-corrected chi connectivity index (χ0v) is 10.9. The first-order valence-electron chi connectivity index (χ1n) is 6.52. The first kappa shape index (κ1) is 13.5. The second-order valence-corrected chi connectivity index (χ2v) is 5.60. The highest BCUT2D eigenvalue weighted by atomic mass is 16.2. The normalized spacial score (nSPS) is 19.8. The topological polar surface area (TPSA) is 55.1 Å². The average molecular weight is 226 g/mol. The van der Waals surface area contributed by atoms with E-state index in [1.165, 1.54) is 25.7 Å². The average Bonchev–Trinajstić information content (AvgIpc) is 2.78. The molecule has 0 aromatic carbocycles. The summed E-state index contributed by atoms with van der Waals surface area (Å²) in [5, 5.41) is 3.14. The van der Waals surface area contributed by atoms with Crippen LogP contribution in [0.3, 0.4) is 0 Å². The van der Waals surface area contributed by atoms with Crippen LogP contribution in [0.2, 0.25) is 0 Å². The van der Waals surface area contributed by atoms with Crippen molar-refractivity contribution < 1.29 is 4.79 Å². The van der Waals surface area contributed by atoms with Crippen LogP contribution in [0.1, 0.15) is 52.9 Å². The summed E-state index contributed by atoms with van der Waals surface area (Å²) in [4.78, 5) is 12.1. The molecule has 1 amide bonds. The molecule has 0 aromatic rings. The van der Waals surface area contributed by atoms with Gasteiger partial charge in [-0.25, -0.2) is 0 Å². The predicted octanol–water partition coefficient (Wildman–Crippen LogP) is 2.06. The summed E-state index contributed by atoms with van der Waals surface area (Å²) < 4.78 is 0. The highest BCUT2D eigenvalue weighted by Gasteiger charge is 2.30. The highest BCUT2D eigenvalue weighted by molar-refractivity contribution is 5.82. The van der Waals surface area contributed by atoms with Crippen LogP contribution in [0.4, 0.5) is 0 Å². The smallest absolute Gasteiger partial charge is 0.225 e. The molecule has 1 aliphatic carbocycles. The highest BCUT2D eigenvalue weighted by Crippen LogP contribution is 2.28. The van der Waals surface area contributed by atoms with Gasteiger partial charge in [-0.05, 0) is 25.2 Å². The van der Waals surface area contributed by atoms with E-state index in [0.29, 0.717) is 12.5 Å². The van der Waals surface area contributed by atoms with Gasteiger partial charge in [-0.15, -0.1) is 0 Å². The van der Waals surface area contributed by atoms with Crippen LogP contribution < -0.4 is 11.1 Å². The molecular formula is C13H26N2O. The quantitative estimate of drug-likeness (QED) is 0.754. The van der Waals surface area contributed by atoms with Crippen molar-refractivity contribution in [2.45, 2.75) is 58.9 Å². The molecule has 1 aliphatic rings. The van der Waals surface area contributed by atoms with Crippen LogP contribution in [-0.4, -0.2) is 18.5 Å². The molecule has 16 heavy (non-hydrogen) atoms. The molecule has 1 unspecified atom stereocenters. The van der Waals surface area contributed by atoms with Gasteiger partial charge in [0, 0.05) is 18.0 Å². The summed E-state index contributed by atoms with van der Waals surface area (Å²) in [5.74, 6) is 0.749. The summed E-state index contributed by atoms with van der Waals surface area (Å²) in [6, 6.07) is 0.181. The lowest BCUT2D eigenvalue weighted by molar-refractivity contribution is -0.130. The van der Waals surface area contributed by atoms with E-state index < -0.39 is 0 Å². The molecule has 1 saturated carbocycles. The third kappa shape index (κ3) is 3.21. The van der Waals surface area contributed by atoms with Crippen LogP contribution in [0.15, 0.2) is 0 Å². The number of nitrogens with one attached hydrogen (secondary N) is 1. The summed E-state index contributed by atoms with van der Waals surface area (Å²) >= 11 is 0. The zero-order valence-electron chi connectivity index (χ0n) is 10.9. The van der Waals surface area contributed by atoms with E-state index in [9.17, 15) is 4.79 Å². The molecule has 0 aromatic heterocycles. The van der Waals surface area contributed by atoms with E-state index in [0.717, 1.165) is 6.42 Å². The van der Waals surface area contributed by atoms with Crippen LogP contribution in [0.25, 0.3) is 0 Å². The van der Waals surface area contributed by atoms with Crippen molar-refractivity contribution in [1.82, 2.24) is 5.32 Å². The lowest BCUT2D eigenvalue weighted by Crippen LogP contribution is -2.49. The minimum atomic E-state index is -0.272. The Hall–Kier alpha value is -0.570. The van der Waals surface area contributed by atoms with E-state index in [4.69, 9.17) is 5.73 Å². The van der Waals surface area contributed by atoms with Crippen LogP contribution in [0, 0.1) is 11.3 Å². The molecule has 3 heteroatoms. The Bertz CT molecular complexity index is 232. The third-order valence-electron chi connectivity index (χ3n) is 4.04. The number of nitrogens with two attached hydrogens (primary N) is 1. The largest absolute Gasteiger partial charge is 0.351 e. The maximum absolute atomic E-state index is 12.1. The second kappa shape index (κ2) is 5.67. The molecule has 0 saturated heterocycles. The fourth-order valence-corrected chi connectivity index (χ4v) is 2.25. The molecule has 1 rings (SSSR count). The summed E-state index contributed by atoms with van der Waals surface area (Å²) in [7, 11) is 0. The van der Waals surface area contributed by atoms with Crippen molar-refractivity contribution in [2.75, 3.05) is 6.54 Å². The molecule has 1 atom stereocenters. The van der Waals surface area contributed by atoms with Gasteiger partial charge in [-0.1, -0.05) is 33.6 Å². The Morgan fingerprint density at radius 3 is 2.44 bits per heavy atom. The van der Waals surface area contributed by atoms with Crippen molar-refractivity contribution in [3.05, 3.63) is 0 Å². The minimum Gasteiger partial charge on any atom is -0.351 e. The fraction of sp³-hybridized carbons (Fsp3) is 0.923. The maximum Gasteiger partial charge on any atom is 0.225 e. The van der Waals surface area contributed by atoms with Crippen LogP contribution in [0.5, 0.6) is 0 Å². The summed E-state index contributed by atoms with van der Waals surface area (Å²) in [6.07, 6.45) is 5.87. The van der Waals surface area contributed by atoms with E-state index in [1.54, 1.807) is 0 Å². The van der Waals surface area contributed by atoms with Crippen molar-refractivity contribution in [3.8, 4) is 0 Å². The number of carbonyl (C=O) groups is 1. The van der Waals surface area contributed by atoms with Gasteiger partial charge in [0.15, 0.2) is 0 Å². The Kier molecular flexibility index (Phi) is 4.78. The van der Waals surface area contributed by atoms with E-state index >= 15 is 0 Å². The molecule has 3 nitrogen and oxygen atoms in total. The monoisotopic (exact) mass is 226 g/mol. The van der Waals surface area contributed by atoms with Gasteiger partial charge in [-0.2, -0.15) is 0 Å². The van der Waals surface area contributed by atoms with Crippen molar-refractivity contribution >= 4 is 5.91 Å². The van der Waals surface area contributed by atoms with Gasteiger partial charge in [0.25, 0.3) is 0 Å². The first-order chi connectivity index (χ1) is 7.51. The Labute approximate surface area is 99.2 Å². The first-order valence-corrected chi connectivity index (χ1v) is 6.52. The van der Waals surface area contributed by atoms with Crippen molar-refractivity contribution in [3.63, 3.8) is 0 Å². The van der Waals surface area contributed by atoms with E-state index in [-0.39, 0.29) is 17.4 Å². The lowest BCUT2D eigenvalue weighted by Gasteiger charge is -2.28. The third-order valence-corrected chi connectivity index (χ3v) is 4.04. The lowest BCUT2D eigenvalue weighted by atomic mass is 9.88. The van der Waals surface area contributed by atoms with Gasteiger partial charge >= 0.3 is 0 Å². The van der Waals surface area contributed by atoms with Gasteiger partial charge in [0.2, 0.25) is 5.91 Å². The van der Waals surface area contributed by atoms with Gasteiger partial charge < -0.3 is 11.1 Å².